The molecule has 1 aliphatic rings. The zero-order chi connectivity index (χ0) is 13.8. The van der Waals surface area contributed by atoms with E-state index in [1.165, 1.54) is 29.5 Å². The molecule has 0 saturated heterocycles. The van der Waals surface area contributed by atoms with Crippen LogP contribution in [-0.4, -0.2) is 11.7 Å². The van der Waals surface area contributed by atoms with Crippen LogP contribution in [0.4, 0.5) is 0 Å². The molecular formula is C18H21NO. The first-order valence-corrected chi connectivity index (χ1v) is 7.36. The molecule has 0 saturated carbocycles. The number of aliphatic hydroxyl groups is 1. The minimum Gasteiger partial charge on any atom is -0.392 e. The van der Waals surface area contributed by atoms with Gasteiger partial charge in [0.1, 0.15) is 0 Å². The van der Waals surface area contributed by atoms with E-state index in [9.17, 15) is 0 Å². The number of aliphatic hydroxyl groups excluding tert-OH is 1. The van der Waals surface area contributed by atoms with E-state index in [-0.39, 0.29) is 6.61 Å². The molecule has 2 heteroatoms. The summed E-state index contributed by atoms with van der Waals surface area (Å²) in [6.07, 6.45) is 3.44. The SMILES string of the molecule is OCc1ccc(CCNC2CCc3ccccc32)cc1. The molecule has 104 valence electrons. The Labute approximate surface area is 120 Å². The first-order valence-electron chi connectivity index (χ1n) is 7.36. The topological polar surface area (TPSA) is 32.3 Å². The van der Waals surface area contributed by atoms with Crippen LogP contribution in [0.15, 0.2) is 48.5 Å². The molecule has 0 aromatic heterocycles. The van der Waals surface area contributed by atoms with E-state index in [1.54, 1.807) is 0 Å². The standard InChI is InChI=1S/C18H21NO/c20-13-15-7-5-14(6-8-15)11-12-19-18-10-9-16-3-1-2-4-17(16)18/h1-8,18-20H,9-13H2. The summed E-state index contributed by atoms with van der Waals surface area (Å²) >= 11 is 0. The van der Waals surface area contributed by atoms with Crippen LogP contribution in [-0.2, 0) is 19.4 Å². The van der Waals surface area contributed by atoms with Crippen LogP contribution in [0.2, 0.25) is 0 Å². The molecule has 2 aromatic carbocycles. The minimum absolute atomic E-state index is 0.122. The first kappa shape index (κ1) is 13.3. The molecule has 0 radical (unpaired) electrons. The van der Waals surface area contributed by atoms with Crippen molar-refractivity contribution in [1.29, 1.82) is 0 Å². The van der Waals surface area contributed by atoms with Crippen molar-refractivity contribution < 1.29 is 5.11 Å². The Morgan fingerprint density at radius 2 is 1.75 bits per heavy atom. The van der Waals surface area contributed by atoms with Crippen LogP contribution in [0.5, 0.6) is 0 Å². The van der Waals surface area contributed by atoms with Gasteiger partial charge in [-0.05, 0) is 48.1 Å². The Hall–Kier alpha value is -1.64. The highest BCUT2D eigenvalue weighted by molar-refractivity contribution is 5.34. The lowest BCUT2D eigenvalue weighted by atomic mass is 10.1. The van der Waals surface area contributed by atoms with E-state index in [1.807, 2.05) is 12.1 Å². The van der Waals surface area contributed by atoms with Gasteiger partial charge in [-0.15, -0.1) is 0 Å². The molecule has 1 aliphatic carbocycles. The number of aryl methyl sites for hydroxylation is 1. The van der Waals surface area contributed by atoms with Crippen molar-refractivity contribution in [2.45, 2.75) is 31.9 Å². The highest BCUT2D eigenvalue weighted by Gasteiger charge is 2.20. The Morgan fingerprint density at radius 3 is 2.55 bits per heavy atom. The van der Waals surface area contributed by atoms with E-state index in [2.05, 4.69) is 41.7 Å². The van der Waals surface area contributed by atoms with Gasteiger partial charge in [0.15, 0.2) is 0 Å². The molecule has 0 bridgehead atoms. The molecule has 1 atom stereocenters. The molecule has 0 spiro atoms. The molecule has 0 fully saturated rings. The molecule has 3 rings (SSSR count). The van der Waals surface area contributed by atoms with Gasteiger partial charge in [0, 0.05) is 6.04 Å². The maximum Gasteiger partial charge on any atom is 0.0681 e. The average Bonchev–Trinajstić information content (AvgIpc) is 2.92. The van der Waals surface area contributed by atoms with E-state index >= 15 is 0 Å². The van der Waals surface area contributed by atoms with Crippen molar-refractivity contribution in [3.05, 3.63) is 70.8 Å². The zero-order valence-electron chi connectivity index (χ0n) is 11.7. The Morgan fingerprint density at radius 1 is 1.00 bits per heavy atom. The van der Waals surface area contributed by atoms with Gasteiger partial charge in [-0.25, -0.2) is 0 Å². The fraction of sp³-hybridized carbons (Fsp3) is 0.333. The first-order chi connectivity index (χ1) is 9.86. The van der Waals surface area contributed by atoms with Gasteiger partial charge in [-0.1, -0.05) is 48.5 Å². The van der Waals surface area contributed by atoms with Gasteiger partial charge >= 0.3 is 0 Å². The Bertz CT molecular complexity index is 562. The van der Waals surface area contributed by atoms with Gasteiger partial charge in [0.25, 0.3) is 0 Å². The Balaban J connectivity index is 1.53. The lowest BCUT2D eigenvalue weighted by molar-refractivity contribution is 0.282. The van der Waals surface area contributed by atoms with Crippen molar-refractivity contribution in [2.75, 3.05) is 6.54 Å². The fourth-order valence-corrected chi connectivity index (χ4v) is 2.97. The summed E-state index contributed by atoms with van der Waals surface area (Å²) in [6.45, 7) is 1.12. The third-order valence-electron chi connectivity index (χ3n) is 4.14. The maximum absolute atomic E-state index is 9.03. The summed E-state index contributed by atoms with van der Waals surface area (Å²) < 4.78 is 0. The summed E-state index contributed by atoms with van der Waals surface area (Å²) in [5.74, 6) is 0. The number of fused-ring (bicyclic) bond motifs is 1. The summed E-state index contributed by atoms with van der Waals surface area (Å²) in [5.41, 5.74) is 5.27. The molecule has 2 N–H and O–H groups in total. The van der Waals surface area contributed by atoms with Crippen LogP contribution in [0.25, 0.3) is 0 Å². The zero-order valence-corrected chi connectivity index (χ0v) is 11.7. The third kappa shape index (κ3) is 2.92. The molecule has 0 amide bonds. The van der Waals surface area contributed by atoms with Crippen molar-refractivity contribution in [1.82, 2.24) is 5.32 Å². The molecule has 2 nitrogen and oxygen atoms in total. The second kappa shape index (κ2) is 6.21. The molecule has 20 heavy (non-hydrogen) atoms. The average molecular weight is 267 g/mol. The van der Waals surface area contributed by atoms with E-state index in [4.69, 9.17) is 5.11 Å². The quantitative estimate of drug-likeness (QED) is 0.873. The number of benzene rings is 2. The van der Waals surface area contributed by atoms with Gasteiger partial charge in [-0.3, -0.25) is 0 Å². The number of hydrogen-bond donors (Lipinski definition) is 2. The molecule has 0 aliphatic heterocycles. The van der Waals surface area contributed by atoms with Crippen LogP contribution in [0.3, 0.4) is 0 Å². The van der Waals surface area contributed by atoms with E-state index in [0.717, 1.165) is 18.5 Å². The van der Waals surface area contributed by atoms with Crippen LogP contribution < -0.4 is 5.32 Å². The predicted octanol–water partition coefficient (Wildman–Crippen LogP) is 3.00. The molecular weight excluding hydrogens is 246 g/mol. The lowest BCUT2D eigenvalue weighted by Gasteiger charge is -2.14. The highest BCUT2D eigenvalue weighted by atomic mass is 16.3. The van der Waals surface area contributed by atoms with Crippen molar-refractivity contribution in [3.8, 4) is 0 Å². The second-order valence-corrected chi connectivity index (χ2v) is 5.47. The number of nitrogens with one attached hydrogen (secondary N) is 1. The normalized spacial score (nSPS) is 17.1. The van der Waals surface area contributed by atoms with Crippen LogP contribution in [0, 0.1) is 0 Å². The van der Waals surface area contributed by atoms with Gasteiger partial charge in [0.2, 0.25) is 0 Å². The minimum atomic E-state index is 0.122. The summed E-state index contributed by atoms with van der Waals surface area (Å²) in [5, 5.41) is 12.7. The maximum atomic E-state index is 9.03. The fourth-order valence-electron chi connectivity index (χ4n) is 2.97. The summed E-state index contributed by atoms with van der Waals surface area (Å²) in [6, 6.07) is 17.5. The molecule has 2 aromatic rings. The monoisotopic (exact) mass is 267 g/mol. The molecule has 1 unspecified atom stereocenters. The number of rotatable bonds is 5. The summed E-state index contributed by atoms with van der Waals surface area (Å²) in [7, 11) is 0. The third-order valence-corrected chi connectivity index (χ3v) is 4.14. The lowest BCUT2D eigenvalue weighted by Crippen LogP contribution is -2.21. The number of hydrogen-bond acceptors (Lipinski definition) is 2. The van der Waals surface area contributed by atoms with E-state index in [0.29, 0.717) is 6.04 Å². The van der Waals surface area contributed by atoms with Gasteiger partial charge < -0.3 is 10.4 Å². The largest absolute Gasteiger partial charge is 0.392 e. The highest BCUT2D eigenvalue weighted by Crippen LogP contribution is 2.30. The predicted molar refractivity (Wildman–Crippen MR) is 81.6 cm³/mol. The van der Waals surface area contributed by atoms with Gasteiger partial charge in [0.05, 0.1) is 6.61 Å². The Kier molecular flexibility index (Phi) is 4.14. The van der Waals surface area contributed by atoms with Crippen molar-refractivity contribution in [3.63, 3.8) is 0 Å². The summed E-state index contributed by atoms with van der Waals surface area (Å²) in [4.78, 5) is 0. The van der Waals surface area contributed by atoms with Crippen LogP contribution in [0.1, 0.15) is 34.7 Å². The van der Waals surface area contributed by atoms with Crippen LogP contribution >= 0.6 is 0 Å². The van der Waals surface area contributed by atoms with Crippen molar-refractivity contribution >= 4 is 0 Å². The molecule has 0 heterocycles. The van der Waals surface area contributed by atoms with Crippen molar-refractivity contribution in [2.24, 2.45) is 0 Å². The van der Waals surface area contributed by atoms with E-state index < -0.39 is 0 Å². The van der Waals surface area contributed by atoms with Gasteiger partial charge in [-0.2, -0.15) is 0 Å². The second-order valence-electron chi connectivity index (χ2n) is 5.47. The smallest absolute Gasteiger partial charge is 0.0681 e.